The molecule has 0 aliphatic heterocycles. The van der Waals surface area contributed by atoms with Crippen LogP contribution in [0.25, 0.3) is 10.9 Å². The average Bonchev–Trinajstić information content (AvgIpc) is 2.98. The summed E-state index contributed by atoms with van der Waals surface area (Å²) < 4.78 is 2.16. The minimum absolute atomic E-state index is 0.781. The van der Waals surface area contributed by atoms with Crippen LogP contribution in [0.15, 0.2) is 35.8 Å². The molecule has 2 nitrogen and oxygen atoms in total. The molecule has 1 aromatic carbocycles. The summed E-state index contributed by atoms with van der Waals surface area (Å²) in [6, 6.07) is 8.08. The third kappa shape index (κ3) is 2.04. The number of thiazole rings is 1. The van der Waals surface area contributed by atoms with E-state index in [1.807, 2.05) is 12.1 Å². The Balaban J connectivity index is 1.99. The molecule has 0 fully saturated rings. The van der Waals surface area contributed by atoms with Crippen molar-refractivity contribution < 1.29 is 0 Å². The van der Waals surface area contributed by atoms with Crippen LogP contribution >= 0.6 is 22.9 Å². The molecule has 0 radical (unpaired) electrons. The van der Waals surface area contributed by atoms with Gasteiger partial charge in [0.25, 0.3) is 0 Å². The minimum Gasteiger partial charge on any atom is -0.340 e. The van der Waals surface area contributed by atoms with Gasteiger partial charge in [0, 0.05) is 17.0 Å². The molecule has 0 atom stereocenters. The van der Waals surface area contributed by atoms with E-state index in [9.17, 15) is 0 Å². The lowest BCUT2D eigenvalue weighted by atomic mass is 10.2. The number of benzene rings is 1. The van der Waals surface area contributed by atoms with E-state index >= 15 is 0 Å². The van der Waals surface area contributed by atoms with E-state index in [1.165, 1.54) is 10.4 Å². The van der Waals surface area contributed by atoms with Crippen LogP contribution in [-0.2, 0) is 13.0 Å². The number of para-hydroxylation sites is 1. The Labute approximate surface area is 115 Å². The third-order valence-electron chi connectivity index (χ3n) is 2.97. The smallest absolute Gasteiger partial charge is 0.0926 e. The summed E-state index contributed by atoms with van der Waals surface area (Å²) in [5, 5.41) is 5.28. The average molecular weight is 277 g/mol. The summed E-state index contributed by atoms with van der Waals surface area (Å²) in [7, 11) is 0. The SMILES string of the molecule is CCc1nc(Cn2ccc3cccc(Cl)c32)cs1. The number of hydrogen-bond acceptors (Lipinski definition) is 2. The maximum Gasteiger partial charge on any atom is 0.0926 e. The van der Waals surface area contributed by atoms with E-state index in [0.717, 1.165) is 29.2 Å². The molecule has 0 bridgehead atoms. The van der Waals surface area contributed by atoms with Crippen molar-refractivity contribution in [1.29, 1.82) is 0 Å². The molecule has 0 saturated heterocycles. The monoisotopic (exact) mass is 276 g/mol. The maximum absolute atomic E-state index is 6.26. The molecular weight excluding hydrogens is 264 g/mol. The van der Waals surface area contributed by atoms with Crippen molar-refractivity contribution in [3.05, 3.63) is 51.6 Å². The van der Waals surface area contributed by atoms with Crippen LogP contribution in [0.3, 0.4) is 0 Å². The van der Waals surface area contributed by atoms with Gasteiger partial charge in [-0.2, -0.15) is 0 Å². The van der Waals surface area contributed by atoms with Crippen LogP contribution in [0.5, 0.6) is 0 Å². The van der Waals surface area contributed by atoms with Crippen LogP contribution in [0, 0.1) is 0 Å². The van der Waals surface area contributed by atoms with Gasteiger partial charge in [-0.15, -0.1) is 11.3 Å². The lowest BCUT2D eigenvalue weighted by Gasteiger charge is -2.04. The molecule has 3 rings (SSSR count). The van der Waals surface area contributed by atoms with Crippen molar-refractivity contribution in [1.82, 2.24) is 9.55 Å². The zero-order chi connectivity index (χ0) is 12.5. The molecule has 0 spiro atoms. The van der Waals surface area contributed by atoms with Crippen molar-refractivity contribution >= 4 is 33.8 Å². The lowest BCUT2D eigenvalue weighted by molar-refractivity contribution is 0.808. The Bertz CT molecular complexity index is 684. The first-order valence-electron chi connectivity index (χ1n) is 5.94. The van der Waals surface area contributed by atoms with Gasteiger partial charge in [0.05, 0.1) is 27.8 Å². The normalized spacial score (nSPS) is 11.2. The van der Waals surface area contributed by atoms with Crippen molar-refractivity contribution in [2.75, 3.05) is 0 Å². The van der Waals surface area contributed by atoms with Gasteiger partial charge in [0.2, 0.25) is 0 Å². The van der Waals surface area contributed by atoms with Gasteiger partial charge < -0.3 is 4.57 Å². The Morgan fingerprint density at radius 1 is 1.33 bits per heavy atom. The van der Waals surface area contributed by atoms with Gasteiger partial charge in [0.15, 0.2) is 0 Å². The first-order chi connectivity index (χ1) is 8.78. The van der Waals surface area contributed by atoms with Gasteiger partial charge >= 0.3 is 0 Å². The molecule has 4 heteroatoms. The van der Waals surface area contributed by atoms with Gasteiger partial charge in [-0.1, -0.05) is 30.7 Å². The largest absolute Gasteiger partial charge is 0.340 e. The summed E-state index contributed by atoms with van der Waals surface area (Å²) in [4.78, 5) is 4.59. The van der Waals surface area contributed by atoms with E-state index in [4.69, 9.17) is 11.6 Å². The van der Waals surface area contributed by atoms with Crippen LogP contribution in [0.4, 0.5) is 0 Å². The summed E-state index contributed by atoms with van der Waals surface area (Å²) in [6.07, 6.45) is 3.07. The topological polar surface area (TPSA) is 17.8 Å². The molecule has 0 unspecified atom stereocenters. The molecule has 2 heterocycles. The van der Waals surface area contributed by atoms with E-state index in [-0.39, 0.29) is 0 Å². The molecule has 3 aromatic rings. The fraction of sp³-hybridized carbons (Fsp3) is 0.214. The Morgan fingerprint density at radius 3 is 3.00 bits per heavy atom. The Hall–Kier alpha value is -1.32. The van der Waals surface area contributed by atoms with Gasteiger partial charge in [-0.3, -0.25) is 0 Å². The van der Waals surface area contributed by atoms with E-state index in [0.29, 0.717) is 0 Å². The molecule has 0 N–H and O–H groups in total. The predicted octanol–water partition coefficient (Wildman–Crippen LogP) is 4.36. The fourth-order valence-corrected chi connectivity index (χ4v) is 3.13. The minimum atomic E-state index is 0.781. The van der Waals surface area contributed by atoms with Crippen molar-refractivity contribution in [2.45, 2.75) is 19.9 Å². The molecule has 18 heavy (non-hydrogen) atoms. The fourth-order valence-electron chi connectivity index (χ4n) is 2.10. The van der Waals surface area contributed by atoms with E-state index < -0.39 is 0 Å². The van der Waals surface area contributed by atoms with Gasteiger partial charge in [-0.05, 0) is 18.6 Å². The number of aryl methyl sites for hydroxylation is 1. The third-order valence-corrected chi connectivity index (χ3v) is 4.32. The number of rotatable bonds is 3. The number of fused-ring (bicyclic) bond motifs is 1. The highest BCUT2D eigenvalue weighted by Crippen LogP contribution is 2.25. The predicted molar refractivity (Wildman–Crippen MR) is 77.5 cm³/mol. The second-order valence-electron chi connectivity index (χ2n) is 4.21. The second kappa shape index (κ2) is 4.75. The van der Waals surface area contributed by atoms with Crippen LogP contribution < -0.4 is 0 Å². The first kappa shape index (κ1) is 11.8. The van der Waals surface area contributed by atoms with Gasteiger partial charge in [-0.25, -0.2) is 4.98 Å². The Kier molecular flexibility index (Phi) is 3.10. The van der Waals surface area contributed by atoms with Crippen LogP contribution in [0.2, 0.25) is 5.02 Å². The molecular formula is C14H13ClN2S. The van der Waals surface area contributed by atoms with Crippen molar-refractivity contribution in [2.24, 2.45) is 0 Å². The molecule has 0 amide bonds. The molecule has 92 valence electrons. The molecule has 0 saturated carbocycles. The van der Waals surface area contributed by atoms with Crippen molar-refractivity contribution in [3.8, 4) is 0 Å². The summed E-state index contributed by atoms with van der Waals surface area (Å²) in [5.41, 5.74) is 2.19. The number of halogens is 1. The number of hydrogen-bond donors (Lipinski definition) is 0. The van der Waals surface area contributed by atoms with E-state index in [1.54, 1.807) is 11.3 Å². The highest BCUT2D eigenvalue weighted by atomic mass is 35.5. The Morgan fingerprint density at radius 2 is 2.22 bits per heavy atom. The standard InChI is InChI=1S/C14H13ClN2S/c1-2-13-16-11(9-18-13)8-17-7-6-10-4-3-5-12(15)14(10)17/h3-7,9H,2,8H2,1H3. The highest BCUT2D eigenvalue weighted by molar-refractivity contribution is 7.09. The summed E-state index contributed by atoms with van der Waals surface area (Å²) in [5.74, 6) is 0. The molecule has 2 aromatic heterocycles. The lowest BCUT2D eigenvalue weighted by Crippen LogP contribution is -1.98. The van der Waals surface area contributed by atoms with E-state index in [2.05, 4.69) is 40.2 Å². The first-order valence-corrected chi connectivity index (χ1v) is 7.20. The summed E-state index contributed by atoms with van der Waals surface area (Å²) in [6.45, 7) is 2.91. The second-order valence-corrected chi connectivity index (χ2v) is 5.56. The van der Waals surface area contributed by atoms with Crippen molar-refractivity contribution in [3.63, 3.8) is 0 Å². The molecule has 0 aliphatic carbocycles. The number of nitrogens with zero attached hydrogens (tertiary/aromatic N) is 2. The zero-order valence-electron chi connectivity index (χ0n) is 10.1. The zero-order valence-corrected chi connectivity index (χ0v) is 11.6. The highest BCUT2D eigenvalue weighted by Gasteiger charge is 2.07. The maximum atomic E-state index is 6.26. The quantitative estimate of drug-likeness (QED) is 0.695. The van der Waals surface area contributed by atoms with Crippen LogP contribution in [-0.4, -0.2) is 9.55 Å². The van der Waals surface area contributed by atoms with Crippen LogP contribution in [0.1, 0.15) is 17.6 Å². The molecule has 0 aliphatic rings. The van der Waals surface area contributed by atoms with Gasteiger partial charge in [0.1, 0.15) is 0 Å². The summed E-state index contributed by atoms with van der Waals surface area (Å²) >= 11 is 7.99. The number of aromatic nitrogens is 2.